The molecule has 0 aliphatic heterocycles. The molecular weight excluding hydrogens is 362 g/mol. The van der Waals surface area contributed by atoms with Gasteiger partial charge in [0, 0.05) is 5.56 Å². The third-order valence-corrected chi connectivity index (χ3v) is 4.51. The average molecular weight is 381 g/mol. The van der Waals surface area contributed by atoms with Gasteiger partial charge < -0.3 is 10.1 Å². The van der Waals surface area contributed by atoms with Crippen molar-refractivity contribution in [2.45, 2.75) is 44.4 Å². The first-order valence-electron chi connectivity index (χ1n) is 8.78. The summed E-state index contributed by atoms with van der Waals surface area (Å²) in [5, 5.41) is 2.46. The molecule has 0 atom stereocenters. The number of hydrogen-bond donors (Lipinski definition) is 1. The van der Waals surface area contributed by atoms with E-state index in [0.29, 0.717) is 0 Å². The summed E-state index contributed by atoms with van der Waals surface area (Å²) in [4.78, 5) is 12.4. The first-order chi connectivity index (χ1) is 12.8. The topological polar surface area (TPSA) is 38.3 Å². The second kappa shape index (κ2) is 7.98. The number of nitrogens with one attached hydrogen (secondary N) is 1. The van der Waals surface area contributed by atoms with Crippen molar-refractivity contribution < 1.29 is 27.1 Å². The second-order valence-corrected chi connectivity index (χ2v) is 6.55. The fraction of sp³-hybridized carbons (Fsp3) is 0.350. The highest BCUT2D eigenvalue weighted by Gasteiger charge is 2.31. The lowest BCUT2D eigenvalue weighted by molar-refractivity contribution is -0.137. The summed E-state index contributed by atoms with van der Waals surface area (Å²) in [6.07, 6.45) is 0.140. The number of carbonyl (C=O) groups is 1. The lowest BCUT2D eigenvalue weighted by atomic mass is 9.98. The van der Waals surface area contributed by atoms with Gasteiger partial charge in [-0.2, -0.15) is 13.2 Å². The molecule has 1 amide bonds. The highest BCUT2D eigenvalue weighted by Crippen LogP contribution is 2.36. The van der Waals surface area contributed by atoms with Gasteiger partial charge in [-0.1, -0.05) is 6.42 Å². The molecule has 2 aromatic rings. The molecule has 0 bridgehead atoms. The number of hydrogen-bond acceptors (Lipinski definition) is 2. The average Bonchev–Trinajstić information content (AvgIpc) is 2.63. The fourth-order valence-corrected chi connectivity index (χ4v) is 3.07. The maximum absolute atomic E-state index is 13.1. The van der Waals surface area contributed by atoms with E-state index in [1.165, 1.54) is 18.2 Å². The van der Waals surface area contributed by atoms with Crippen molar-refractivity contribution in [2.75, 3.05) is 5.32 Å². The van der Waals surface area contributed by atoms with E-state index in [4.69, 9.17) is 4.74 Å². The summed E-state index contributed by atoms with van der Waals surface area (Å²) < 4.78 is 58.1. The summed E-state index contributed by atoms with van der Waals surface area (Å²) in [7, 11) is 0. The van der Waals surface area contributed by atoms with Gasteiger partial charge in [-0.05, 0) is 68.1 Å². The van der Waals surface area contributed by atoms with Crippen LogP contribution in [0.2, 0.25) is 0 Å². The minimum absolute atomic E-state index is 0.0512. The van der Waals surface area contributed by atoms with Gasteiger partial charge in [0.25, 0.3) is 5.91 Å². The van der Waals surface area contributed by atoms with E-state index in [1.807, 2.05) is 0 Å². The molecule has 1 fully saturated rings. The number of ether oxygens (including phenoxy) is 1. The summed E-state index contributed by atoms with van der Waals surface area (Å²) >= 11 is 0. The second-order valence-electron chi connectivity index (χ2n) is 6.55. The summed E-state index contributed by atoms with van der Waals surface area (Å²) in [6.45, 7) is 0. The van der Waals surface area contributed by atoms with Crippen molar-refractivity contribution in [3.8, 4) is 5.75 Å². The number of rotatable bonds is 4. The van der Waals surface area contributed by atoms with Crippen LogP contribution in [0.25, 0.3) is 0 Å². The quantitative estimate of drug-likeness (QED) is 0.679. The molecule has 1 aliphatic carbocycles. The van der Waals surface area contributed by atoms with Crippen molar-refractivity contribution >= 4 is 11.6 Å². The van der Waals surface area contributed by atoms with Crippen LogP contribution in [0.4, 0.5) is 23.2 Å². The lowest BCUT2D eigenvalue weighted by Gasteiger charge is -2.25. The Morgan fingerprint density at radius 2 is 1.67 bits per heavy atom. The normalized spacial score (nSPS) is 15.4. The molecule has 0 aromatic heterocycles. The summed E-state index contributed by atoms with van der Waals surface area (Å²) in [6, 6.07) is 7.78. The van der Waals surface area contributed by atoms with E-state index in [0.717, 1.165) is 56.4 Å². The van der Waals surface area contributed by atoms with E-state index in [9.17, 15) is 22.4 Å². The van der Waals surface area contributed by atoms with Crippen LogP contribution in [0.3, 0.4) is 0 Å². The van der Waals surface area contributed by atoms with Gasteiger partial charge >= 0.3 is 6.18 Å². The van der Waals surface area contributed by atoms with Gasteiger partial charge in [0.1, 0.15) is 11.6 Å². The van der Waals surface area contributed by atoms with Crippen molar-refractivity contribution in [3.63, 3.8) is 0 Å². The molecule has 3 nitrogen and oxygen atoms in total. The zero-order chi connectivity index (χ0) is 19.4. The van der Waals surface area contributed by atoms with Crippen molar-refractivity contribution in [3.05, 3.63) is 59.4 Å². The van der Waals surface area contributed by atoms with Crippen LogP contribution in [0.1, 0.15) is 48.0 Å². The third-order valence-electron chi connectivity index (χ3n) is 4.51. The first kappa shape index (κ1) is 19.2. The highest BCUT2D eigenvalue weighted by atomic mass is 19.4. The van der Waals surface area contributed by atoms with E-state index in [1.54, 1.807) is 0 Å². The molecular formula is C20H19F4NO2. The predicted molar refractivity (Wildman–Crippen MR) is 93.3 cm³/mol. The fourth-order valence-electron chi connectivity index (χ4n) is 3.07. The number of halogens is 4. The predicted octanol–water partition coefficient (Wildman–Crippen LogP) is 5.81. The number of amides is 1. The molecule has 2 aromatic carbocycles. The SMILES string of the molecule is O=C(Nc1cc(C(F)(F)F)ccc1OC1CCCCC1)c1ccc(F)cc1. The smallest absolute Gasteiger partial charge is 0.416 e. The Balaban J connectivity index is 1.86. The maximum atomic E-state index is 13.1. The Bertz CT molecular complexity index is 797. The molecule has 1 aliphatic rings. The van der Waals surface area contributed by atoms with Crippen molar-refractivity contribution in [2.24, 2.45) is 0 Å². The molecule has 1 N–H and O–H groups in total. The van der Waals surface area contributed by atoms with E-state index in [-0.39, 0.29) is 23.1 Å². The minimum Gasteiger partial charge on any atom is -0.488 e. The van der Waals surface area contributed by atoms with Crippen molar-refractivity contribution in [1.29, 1.82) is 0 Å². The number of benzene rings is 2. The van der Waals surface area contributed by atoms with Crippen LogP contribution >= 0.6 is 0 Å². The zero-order valence-electron chi connectivity index (χ0n) is 14.5. The highest BCUT2D eigenvalue weighted by molar-refractivity contribution is 6.05. The van der Waals surface area contributed by atoms with Crippen LogP contribution in [-0.2, 0) is 6.18 Å². The summed E-state index contributed by atoms with van der Waals surface area (Å²) in [5.74, 6) is -0.944. The number of anilines is 1. The largest absolute Gasteiger partial charge is 0.488 e. The molecule has 0 heterocycles. The Hall–Kier alpha value is -2.57. The monoisotopic (exact) mass is 381 g/mol. The zero-order valence-corrected chi connectivity index (χ0v) is 14.5. The maximum Gasteiger partial charge on any atom is 0.416 e. The standard InChI is InChI=1S/C20H19F4NO2/c21-15-9-6-13(7-10-15)19(26)25-17-12-14(20(22,23)24)8-11-18(17)27-16-4-2-1-3-5-16/h6-12,16H,1-5H2,(H,25,26). The molecule has 0 saturated heterocycles. The molecule has 144 valence electrons. The molecule has 0 radical (unpaired) electrons. The minimum atomic E-state index is -4.54. The van der Waals surface area contributed by atoms with Gasteiger partial charge in [-0.15, -0.1) is 0 Å². The molecule has 7 heteroatoms. The number of alkyl halides is 3. The van der Waals surface area contributed by atoms with Gasteiger partial charge in [-0.3, -0.25) is 4.79 Å². The summed E-state index contributed by atoms with van der Waals surface area (Å²) in [5.41, 5.74) is -0.796. The van der Waals surface area contributed by atoms with Gasteiger partial charge in [0.2, 0.25) is 0 Å². The third kappa shape index (κ3) is 4.99. The molecule has 27 heavy (non-hydrogen) atoms. The first-order valence-corrected chi connectivity index (χ1v) is 8.78. The van der Waals surface area contributed by atoms with Gasteiger partial charge in [0.15, 0.2) is 0 Å². The van der Waals surface area contributed by atoms with Crippen LogP contribution in [0, 0.1) is 5.82 Å². The lowest BCUT2D eigenvalue weighted by Crippen LogP contribution is -2.21. The van der Waals surface area contributed by atoms with Gasteiger partial charge in [0.05, 0.1) is 17.4 Å². The van der Waals surface area contributed by atoms with Crippen LogP contribution in [0.15, 0.2) is 42.5 Å². The van der Waals surface area contributed by atoms with Gasteiger partial charge in [-0.25, -0.2) is 4.39 Å². The molecule has 3 rings (SSSR count). The number of carbonyl (C=O) groups excluding carboxylic acids is 1. The Morgan fingerprint density at radius 1 is 1.00 bits per heavy atom. The van der Waals surface area contributed by atoms with E-state index < -0.39 is 23.5 Å². The van der Waals surface area contributed by atoms with Crippen LogP contribution in [0.5, 0.6) is 5.75 Å². The van der Waals surface area contributed by atoms with E-state index in [2.05, 4.69) is 5.32 Å². The Labute approximate surface area is 154 Å². The van der Waals surface area contributed by atoms with Crippen LogP contribution in [-0.4, -0.2) is 12.0 Å². The Morgan fingerprint density at radius 3 is 2.30 bits per heavy atom. The van der Waals surface area contributed by atoms with Crippen LogP contribution < -0.4 is 10.1 Å². The molecule has 1 saturated carbocycles. The molecule has 0 spiro atoms. The molecule has 0 unspecified atom stereocenters. The van der Waals surface area contributed by atoms with E-state index >= 15 is 0 Å². The van der Waals surface area contributed by atoms with Crippen molar-refractivity contribution in [1.82, 2.24) is 0 Å². The Kier molecular flexibility index (Phi) is 5.68.